The summed E-state index contributed by atoms with van der Waals surface area (Å²) in [5, 5.41) is 9.49. The van der Waals surface area contributed by atoms with Crippen LogP contribution in [-0.2, 0) is 5.41 Å². The van der Waals surface area contributed by atoms with E-state index >= 15 is 0 Å². The first kappa shape index (κ1) is 7.25. The van der Waals surface area contributed by atoms with Crippen LogP contribution in [0.4, 0.5) is 0 Å². The Morgan fingerprint density at radius 3 is 2.82 bits per heavy atom. The van der Waals surface area contributed by atoms with Crippen molar-refractivity contribution in [2.24, 2.45) is 0 Å². The summed E-state index contributed by atoms with van der Waals surface area (Å²) in [4.78, 5) is 5.26. The van der Waals surface area contributed by atoms with Crippen LogP contribution in [0.5, 0.6) is 0 Å². The maximum atomic E-state index is 9.49. The molecule has 60 valence electrons. The van der Waals surface area contributed by atoms with E-state index in [9.17, 15) is 5.11 Å². The van der Waals surface area contributed by atoms with Gasteiger partial charge >= 0.3 is 0 Å². The lowest BCUT2D eigenvalue weighted by atomic mass is 10.00. The molecule has 1 aromatic rings. The Labute approximate surface area is 69.9 Å². The molecule has 1 saturated carbocycles. The van der Waals surface area contributed by atoms with Crippen LogP contribution in [0, 0.1) is 0 Å². The molecule has 3 heteroatoms. The van der Waals surface area contributed by atoms with Crippen LogP contribution in [-0.4, -0.2) is 16.2 Å². The van der Waals surface area contributed by atoms with E-state index in [2.05, 4.69) is 4.98 Å². The first-order valence-corrected chi connectivity index (χ1v) is 4.71. The largest absolute Gasteiger partial charge is 0.392 e. The number of hydrogen-bond donors (Lipinski definition) is 1. The third-order valence-corrected chi connectivity index (χ3v) is 3.50. The first-order chi connectivity index (χ1) is 5.26. The molecule has 0 aliphatic heterocycles. The summed E-state index contributed by atoms with van der Waals surface area (Å²) in [5.74, 6) is 0. The van der Waals surface area contributed by atoms with E-state index in [1.165, 1.54) is 4.88 Å². The van der Waals surface area contributed by atoms with Crippen LogP contribution in [0.2, 0.25) is 0 Å². The van der Waals surface area contributed by atoms with E-state index in [1.807, 2.05) is 18.6 Å². The minimum atomic E-state index is -0.219. The van der Waals surface area contributed by atoms with Gasteiger partial charge in [-0.3, -0.25) is 4.98 Å². The molecular formula is C8H11NOS. The van der Waals surface area contributed by atoms with Crippen molar-refractivity contribution in [1.29, 1.82) is 0 Å². The average molecular weight is 169 g/mol. The van der Waals surface area contributed by atoms with Gasteiger partial charge in [0.15, 0.2) is 0 Å². The van der Waals surface area contributed by atoms with Gasteiger partial charge in [-0.15, -0.1) is 11.3 Å². The normalized spacial score (nSPS) is 23.1. The number of aliphatic hydroxyl groups excluding tert-OH is 1. The summed E-state index contributed by atoms with van der Waals surface area (Å²) in [7, 11) is 0. The summed E-state index contributed by atoms with van der Waals surface area (Å²) in [5.41, 5.74) is 1.92. The Morgan fingerprint density at radius 2 is 2.45 bits per heavy atom. The van der Waals surface area contributed by atoms with Crippen LogP contribution < -0.4 is 0 Å². The Balaban J connectivity index is 2.29. The van der Waals surface area contributed by atoms with E-state index in [1.54, 1.807) is 11.3 Å². The lowest BCUT2D eigenvalue weighted by Crippen LogP contribution is -2.21. The van der Waals surface area contributed by atoms with Crippen LogP contribution >= 0.6 is 11.3 Å². The highest BCUT2D eigenvalue weighted by Crippen LogP contribution is 2.52. The van der Waals surface area contributed by atoms with E-state index in [0.717, 1.165) is 12.8 Å². The molecule has 1 atom stereocenters. The highest BCUT2D eigenvalue weighted by molar-refractivity contribution is 7.09. The highest BCUT2D eigenvalue weighted by atomic mass is 32.1. The van der Waals surface area contributed by atoms with Gasteiger partial charge in [-0.05, 0) is 19.8 Å². The predicted molar refractivity (Wildman–Crippen MR) is 44.7 cm³/mol. The standard InChI is InChI=1S/C8H11NOS/c1-6(10)8(2-3-8)7-4-9-5-11-7/h4-6,10H,2-3H2,1H3. The number of rotatable bonds is 2. The molecule has 0 spiro atoms. The van der Waals surface area contributed by atoms with Crippen molar-refractivity contribution in [2.75, 3.05) is 0 Å². The molecule has 2 rings (SSSR count). The number of aromatic nitrogens is 1. The summed E-state index contributed by atoms with van der Waals surface area (Å²) in [6.45, 7) is 1.87. The van der Waals surface area contributed by atoms with Gasteiger partial charge < -0.3 is 5.11 Å². The predicted octanol–water partition coefficient (Wildman–Crippen LogP) is 1.56. The maximum absolute atomic E-state index is 9.49. The van der Waals surface area contributed by atoms with Crippen molar-refractivity contribution in [3.05, 3.63) is 16.6 Å². The van der Waals surface area contributed by atoms with Crippen LogP contribution in [0.15, 0.2) is 11.7 Å². The fourth-order valence-electron chi connectivity index (χ4n) is 1.47. The van der Waals surface area contributed by atoms with Gasteiger partial charge in [0.1, 0.15) is 0 Å². The molecule has 0 amide bonds. The second kappa shape index (κ2) is 2.29. The molecule has 11 heavy (non-hydrogen) atoms. The van der Waals surface area contributed by atoms with E-state index in [-0.39, 0.29) is 11.5 Å². The minimum Gasteiger partial charge on any atom is -0.392 e. The topological polar surface area (TPSA) is 33.1 Å². The van der Waals surface area contributed by atoms with Gasteiger partial charge in [0.2, 0.25) is 0 Å². The third-order valence-electron chi connectivity index (χ3n) is 2.51. The van der Waals surface area contributed by atoms with Crippen LogP contribution in [0.25, 0.3) is 0 Å². The first-order valence-electron chi connectivity index (χ1n) is 3.83. The molecule has 0 bridgehead atoms. The molecule has 0 aromatic carbocycles. The molecule has 2 nitrogen and oxygen atoms in total. The van der Waals surface area contributed by atoms with Gasteiger partial charge in [0.05, 0.1) is 11.6 Å². The highest BCUT2D eigenvalue weighted by Gasteiger charge is 2.49. The van der Waals surface area contributed by atoms with Crippen molar-refractivity contribution in [3.8, 4) is 0 Å². The lowest BCUT2D eigenvalue weighted by Gasteiger charge is -2.15. The number of hydrogen-bond acceptors (Lipinski definition) is 3. The lowest BCUT2D eigenvalue weighted by molar-refractivity contribution is 0.152. The van der Waals surface area contributed by atoms with Crippen LogP contribution in [0.1, 0.15) is 24.6 Å². The van der Waals surface area contributed by atoms with Crippen molar-refractivity contribution in [1.82, 2.24) is 4.98 Å². The SMILES string of the molecule is CC(O)C1(c2cncs2)CC1. The van der Waals surface area contributed by atoms with E-state index in [4.69, 9.17) is 0 Å². The van der Waals surface area contributed by atoms with Gasteiger partial charge in [-0.25, -0.2) is 0 Å². The summed E-state index contributed by atoms with van der Waals surface area (Å²) in [6.07, 6.45) is 3.90. The smallest absolute Gasteiger partial charge is 0.0794 e. The quantitative estimate of drug-likeness (QED) is 0.728. The molecule has 1 heterocycles. The molecule has 0 saturated heterocycles. The zero-order valence-corrected chi connectivity index (χ0v) is 7.27. The molecular weight excluding hydrogens is 158 g/mol. The molecule has 1 aromatic heterocycles. The monoisotopic (exact) mass is 169 g/mol. The van der Waals surface area contributed by atoms with E-state index in [0.29, 0.717) is 0 Å². The zero-order valence-electron chi connectivity index (χ0n) is 6.45. The van der Waals surface area contributed by atoms with Crippen molar-refractivity contribution in [3.63, 3.8) is 0 Å². The Hall–Kier alpha value is -0.410. The number of nitrogens with zero attached hydrogens (tertiary/aromatic N) is 1. The van der Waals surface area contributed by atoms with Gasteiger partial charge in [-0.1, -0.05) is 0 Å². The van der Waals surface area contributed by atoms with E-state index < -0.39 is 0 Å². The fourth-order valence-corrected chi connectivity index (χ4v) is 2.43. The Bertz CT molecular complexity index is 239. The van der Waals surface area contributed by atoms with Crippen molar-refractivity contribution >= 4 is 11.3 Å². The molecule has 0 radical (unpaired) electrons. The Kier molecular flexibility index (Phi) is 1.51. The maximum Gasteiger partial charge on any atom is 0.0794 e. The number of aliphatic hydroxyl groups is 1. The zero-order chi connectivity index (χ0) is 7.90. The van der Waals surface area contributed by atoms with Crippen LogP contribution in [0.3, 0.4) is 0 Å². The molecule has 1 unspecified atom stereocenters. The summed E-state index contributed by atoms with van der Waals surface area (Å²) >= 11 is 1.65. The third kappa shape index (κ3) is 0.993. The summed E-state index contributed by atoms with van der Waals surface area (Å²) < 4.78 is 0. The van der Waals surface area contributed by atoms with Gasteiger partial charge in [0, 0.05) is 16.5 Å². The molecule has 1 N–H and O–H groups in total. The molecule has 1 fully saturated rings. The van der Waals surface area contributed by atoms with Gasteiger partial charge in [0.25, 0.3) is 0 Å². The number of thiazole rings is 1. The minimum absolute atomic E-state index is 0.0845. The molecule has 1 aliphatic rings. The Morgan fingerprint density at radius 1 is 1.73 bits per heavy atom. The van der Waals surface area contributed by atoms with Crippen molar-refractivity contribution in [2.45, 2.75) is 31.3 Å². The summed E-state index contributed by atoms with van der Waals surface area (Å²) in [6, 6.07) is 0. The van der Waals surface area contributed by atoms with Crippen molar-refractivity contribution < 1.29 is 5.11 Å². The average Bonchev–Trinajstić information content (AvgIpc) is 2.61. The fraction of sp³-hybridized carbons (Fsp3) is 0.625. The molecule has 1 aliphatic carbocycles. The second-order valence-electron chi connectivity index (χ2n) is 3.20. The second-order valence-corrected chi connectivity index (χ2v) is 4.08. The van der Waals surface area contributed by atoms with Gasteiger partial charge in [-0.2, -0.15) is 0 Å².